The lowest BCUT2D eigenvalue weighted by Gasteiger charge is -2.14. The van der Waals surface area contributed by atoms with Crippen molar-refractivity contribution in [3.63, 3.8) is 0 Å². The van der Waals surface area contributed by atoms with Crippen molar-refractivity contribution < 1.29 is 9.90 Å². The van der Waals surface area contributed by atoms with Gasteiger partial charge in [0.05, 0.1) is 11.4 Å². The number of aliphatic carboxylic acids is 1. The lowest BCUT2D eigenvalue weighted by molar-refractivity contribution is -0.136. The third-order valence-corrected chi connectivity index (χ3v) is 2.53. The number of carboxylic acid groups (broad SMARTS) is 1. The fourth-order valence-electron chi connectivity index (χ4n) is 0.861. The molecule has 12 heavy (non-hydrogen) atoms. The second-order valence-corrected chi connectivity index (χ2v) is 3.44. The van der Waals surface area contributed by atoms with E-state index in [0.717, 1.165) is 5.00 Å². The van der Waals surface area contributed by atoms with Crippen LogP contribution in [0.5, 0.6) is 0 Å². The van der Waals surface area contributed by atoms with Crippen molar-refractivity contribution in [2.45, 2.75) is 6.42 Å². The van der Waals surface area contributed by atoms with Crippen LogP contribution in [0.15, 0.2) is 17.5 Å². The van der Waals surface area contributed by atoms with Gasteiger partial charge in [0.15, 0.2) is 0 Å². The molecule has 1 heterocycles. The lowest BCUT2D eigenvalue weighted by atomic mass is 10.4. The topological polar surface area (TPSA) is 40.5 Å². The SMILES string of the molecule is CN(CCC(=O)O)c1cccs1. The second kappa shape index (κ2) is 4.11. The summed E-state index contributed by atoms with van der Waals surface area (Å²) in [6.07, 6.45) is 0.189. The van der Waals surface area contributed by atoms with Crippen LogP contribution >= 0.6 is 11.3 Å². The molecule has 0 aliphatic carbocycles. The highest BCUT2D eigenvalue weighted by molar-refractivity contribution is 7.14. The standard InChI is InChI=1S/C8H11NO2S/c1-9(5-4-8(10)11)7-3-2-6-12-7/h2-3,6H,4-5H2,1H3,(H,10,11). The molecule has 0 aliphatic rings. The molecule has 1 aromatic heterocycles. The zero-order valence-electron chi connectivity index (χ0n) is 6.86. The first-order chi connectivity index (χ1) is 5.70. The van der Waals surface area contributed by atoms with Gasteiger partial charge >= 0.3 is 5.97 Å². The van der Waals surface area contributed by atoms with E-state index < -0.39 is 5.97 Å². The quantitative estimate of drug-likeness (QED) is 0.775. The summed E-state index contributed by atoms with van der Waals surface area (Å²) in [6, 6.07) is 3.93. The third-order valence-electron chi connectivity index (χ3n) is 1.54. The van der Waals surface area contributed by atoms with Gasteiger partial charge in [-0.15, -0.1) is 11.3 Å². The third kappa shape index (κ3) is 2.54. The second-order valence-electron chi connectivity index (χ2n) is 2.52. The molecule has 0 fully saturated rings. The van der Waals surface area contributed by atoms with E-state index in [0.29, 0.717) is 6.54 Å². The van der Waals surface area contributed by atoms with Crippen LogP contribution in [0.2, 0.25) is 0 Å². The number of hydrogen-bond donors (Lipinski definition) is 1. The van der Waals surface area contributed by atoms with E-state index in [1.54, 1.807) is 11.3 Å². The van der Waals surface area contributed by atoms with Crippen LogP contribution in [0.4, 0.5) is 5.00 Å². The predicted octanol–water partition coefficient (Wildman–Crippen LogP) is 1.66. The Bertz CT molecular complexity index is 246. The largest absolute Gasteiger partial charge is 0.481 e. The van der Waals surface area contributed by atoms with Crippen LogP contribution in [0.3, 0.4) is 0 Å². The summed E-state index contributed by atoms with van der Waals surface area (Å²) >= 11 is 1.62. The van der Waals surface area contributed by atoms with E-state index in [-0.39, 0.29) is 6.42 Å². The van der Waals surface area contributed by atoms with Crippen molar-refractivity contribution in [1.29, 1.82) is 0 Å². The van der Waals surface area contributed by atoms with Crippen molar-refractivity contribution in [2.75, 3.05) is 18.5 Å². The Morgan fingerprint density at radius 3 is 3.00 bits per heavy atom. The van der Waals surface area contributed by atoms with Gasteiger partial charge in [-0.25, -0.2) is 0 Å². The van der Waals surface area contributed by atoms with Crippen molar-refractivity contribution in [3.8, 4) is 0 Å². The molecule has 0 amide bonds. The van der Waals surface area contributed by atoms with E-state index in [1.807, 2.05) is 29.5 Å². The Labute approximate surface area is 75.2 Å². The normalized spacial score (nSPS) is 9.75. The zero-order valence-corrected chi connectivity index (χ0v) is 7.67. The van der Waals surface area contributed by atoms with Crippen LogP contribution in [0, 0.1) is 0 Å². The summed E-state index contributed by atoms with van der Waals surface area (Å²) in [7, 11) is 1.90. The Morgan fingerprint density at radius 1 is 1.75 bits per heavy atom. The summed E-state index contributed by atoms with van der Waals surface area (Å²) in [4.78, 5) is 12.2. The first-order valence-electron chi connectivity index (χ1n) is 3.66. The maximum atomic E-state index is 10.3. The van der Waals surface area contributed by atoms with Crippen LogP contribution in [-0.4, -0.2) is 24.7 Å². The minimum Gasteiger partial charge on any atom is -0.481 e. The van der Waals surface area contributed by atoms with Gasteiger partial charge in [0.2, 0.25) is 0 Å². The molecule has 0 aliphatic heterocycles. The van der Waals surface area contributed by atoms with Gasteiger partial charge in [0, 0.05) is 13.6 Å². The Kier molecular flexibility index (Phi) is 3.10. The molecule has 0 unspecified atom stereocenters. The molecule has 4 heteroatoms. The van der Waals surface area contributed by atoms with Gasteiger partial charge in [0.1, 0.15) is 0 Å². The van der Waals surface area contributed by atoms with E-state index in [4.69, 9.17) is 5.11 Å². The van der Waals surface area contributed by atoms with E-state index >= 15 is 0 Å². The van der Waals surface area contributed by atoms with Gasteiger partial charge in [-0.2, -0.15) is 0 Å². The molecule has 0 atom stereocenters. The average Bonchev–Trinajstić information content (AvgIpc) is 2.51. The summed E-state index contributed by atoms with van der Waals surface area (Å²) < 4.78 is 0. The number of hydrogen-bond acceptors (Lipinski definition) is 3. The predicted molar refractivity (Wildman–Crippen MR) is 49.8 cm³/mol. The first-order valence-corrected chi connectivity index (χ1v) is 4.54. The lowest BCUT2D eigenvalue weighted by Crippen LogP contribution is -2.19. The minimum absolute atomic E-state index is 0.189. The molecule has 1 rings (SSSR count). The number of thiophene rings is 1. The van der Waals surface area contributed by atoms with Gasteiger partial charge in [-0.3, -0.25) is 4.79 Å². The van der Waals surface area contributed by atoms with E-state index in [2.05, 4.69) is 0 Å². The van der Waals surface area contributed by atoms with Gasteiger partial charge in [-0.05, 0) is 17.5 Å². The number of nitrogens with zero attached hydrogens (tertiary/aromatic N) is 1. The Hall–Kier alpha value is -1.03. The highest BCUT2D eigenvalue weighted by Crippen LogP contribution is 2.19. The van der Waals surface area contributed by atoms with Gasteiger partial charge < -0.3 is 10.0 Å². The molecular formula is C8H11NO2S. The van der Waals surface area contributed by atoms with Crippen LogP contribution in [-0.2, 0) is 4.79 Å². The molecule has 0 spiro atoms. The smallest absolute Gasteiger partial charge is 0.305 e. The van der Waals surface area contributed by atoms with Crippen molar-refractivity contribution in [2.24, 2.45) is 0 Å². The number of anilines is 1. The number of carboxylic acids is 1. The fraction of sp³-hybridized carbons (Fsp3) is 0.375. The Balaban J connectivity index is 2.39. The van der Waals surface area contributed by atoms with Crippen LogP contribution in [0.25, 0.3) is 0 Å². The minimum atomic E-state index is -0.751. The highest BCUT2D eigenvalue weighted by Gasteiger charge is 2.03. The molecule has 66 valence electrons. The van der Waals surface area contributed by atoms with Crippen LogP contribution in [0.1, 0.15) is 6.42 Å². The first kappa shape index (κ1) is 9.06. The number of carbonyl (C=O) groups is 1. The monoisotopic (exact) mass is 185 g/mol. The molecule has 0 aromatic carbocycles. The summed E-state index contributed by atoms with van der Waals surface area (Å²) in [5.41, 5.74) is 0. The maximum absolute atomic E-state index is 10.3. The molecule has 1 N–H and O–H groups in total. The molecule has 0 saturated heterocycles. The molecule has 0 bridgehead atoms. The van der Waals surface area contributed by atoms with E-state index in [1.165, 1.54) is 0 Å². The van der Waals surface area contributed by atoms with Gasteiger partial charge in [-0.1, -0.05) is 0 Å². The molecule has 0 saturated carbocycles. The summed E-state index contributed by atoms with van der Waals surface area (Å²) in [5, 5.41) is 11.5. The molecular weight excluding hydrogens is 174 g/mol. The Morgan fingerprint density at radius 2 is 2.50 bits per heavy atom. The fourth-order valence-corrected chi connectivity index (χ4v) is 1.59. The van der Waals surface area contributed by atoms with Gasteiger partial charge in [0.25, 0.3) is 0 Å². The van der Waals surface area contributed by atoms with Crippen LogP contribution < -0.4 is 4.90 Å². The number of rotatable bonds is 4. The average molecular weight is 185 g/mol. The molecule has 1 aromatic rings. The van der Waals surface area contributed by atoms with Crippen molar-refractivity contribution in [1.82, 2.24) is 0 Å². The van der Waals surface area contributed by atoms with Crippen molar-refractivity contribution in [3.05, 3.63) is 17.5 Å². The highest BCUT2D eigenvalue weighted by atomic mass is 32.1. The zero-order chi connectivity index (χ0) is 8.97. The van der Waals surface area contributed by atoms with Crippen molar-refractivity contribution >= 4 is 22.3 Å². The van der Waals surface area contributed by atoms with E-state index in [9.17, 15) is 4.79 Å². The molecule has 3 nitrogen and oxygen atoms in total. The molecule has 0 radical (unpaired) electrons. The summed E-state index contributed by atoms with van der Waals surface area (Å²) in [6.45, 7) is 0.565. The summed E-state index contributed by atoms with van der Waals surface area (Å²) in [5.74, 6) is -0.751. The maximum Gasteiger partial charge on any atom is 0.305 e.